The summed E-state index contributed by atoms with van der Waals surface area (Å²) in [6, 6.07) is 12.7. The Morgan fingerprint density at radius 2 is 1.80 bits per heavy atom. The second-order valence-corrected chi connectivity index (χ2v) is 9.37. The molecule has 6 nitrogen and oxygen atoms in total. The molecule has 1 amide bonds. The van der Waals surface area contributed by atoms with Crippen molar-refractivity contribution in [2.75, 3.05) is 24.2 Å². The van der Waals surface area contributed by atoms with Crippen molar-refractivity contribution in [3.63, 3.8) is 0 Å². The first-order chi connectivity index (χ1) is 14.2. The summed E-state index contributed by atoms with van der Waals surface area (Å²) in [6.07, 6.45) is 3.10. The molecule has 1 unspecified atom stereocenters. The zero-order valence-corrected chi connectivity index (χ0v) is 19.3. The third-order valence-electron chi connectivity index (χ3n) is 5.03. The van der Waals surface area contributed by atoms with Crippen LogP contribution in [0.25, 0.3) is 0 Å². The van der Waals surface area contributed by atoms with Gasteiger partial charge in [0.25, 0.3) is 0 Å². The Kier molecular flexibility index (Phi) is 8.29. The number of methoxy groups -OCH3 is 1. The third kappa shape index (κ3) is 6.23. The summed E-state index contributed by atoms with van der Waals surface area (Å²) in [5.41, 5.74) is 3.47. The van der Waals surface area contributed by atoms with Crippen LogP contribution in [0.4, 0.5) is 5.69 Å². The van der Waals surface area contributed by atoms with Gasteiger partial charge in [-0.15, -0.1) is 0 Å². The van der Waals surface area contributed by atoms with Gasteiger partial charge in [-0.2, -0.15) is 0 Å². The highest BCUT2D eigenvalue weighted by Crippen LogP contribution is 2.27. The molecule has 1 atom stereocenters. The minimum absolute atomic E-state index is 0.279. The number of hydrogen-bond acceptors (Lipinski definition) is 4. The van der Waals surface area contributed by atoms with Crippen molar-refractivity contribution in [2.24, 2.45) is 0 Å². The predicted octanol–water partition coefficient (Wildman–Crippen LogP) is 3.61. The number of anilines is 1. The fourth-order valence-electron chi connectivity index (χ4n) is 3.41. The SMILES string of the molecule is CCC(C(=O)NCCCc1ccc(OC)cc1)N(c1cc(C)ccc1C)S(C)(=O)=O. The van der Waals surface area contributed by atoms with Crippen molar-refractivity contribution in [2.45, 2.75) is 46.1 Å². The normalized spacial score (nSPS) is 12.3. The van der Waals surface area contributed by atoms with E-state index in [0.29, 0.717) is 18.7 Å². The van der Waals surface area contributed by atoms with Gasteiger partial charge >= 0.3 is 0 Å². The van der Waals surface area contributed by atoms with E-state index in [0.717, 1.165) is 41.5 Å². The Morgan fingerprint density at radius 1 is 1.13 bits per heavy atom. The molecule has 0 bridgehead atoms. The average Bonchev–Trinajstić information content (AvgIpc) is 2.70. The van der Waals surface area contributed by atoms with Crippen LogP contribution in [-0.4, -0.2) is 40.3 Å². The van der Waals surface area contributed by atoms with E-state index in [-0.39, 0.29) is 5.91 Å². The lowest BCUT2D eigenvalue weighted by Gasteiger charge is -2.31. The number of amides is 1. The Labute approximate surface area is 180 Å². The van der Waals surface area contributed by atoms with Crippen molar-refractivity contribution in [3.8, 4) is 5.75 Å². The van der Waals surface area contributed by atoms with Gasteiger partial charge in [0, 0.05) is 6.54 Å². The Morgan fingerprint density at radius 3 is 2.37 bits per heavy atom. The van der Waals surface area contributed by atoms with Crippen molar-refractivity contribution in [1.29, 1.82) is 0 Å². The molecule has 2 aromatic rings. The number of carbonyl (C=O) groups excluding carboxylic acids is 1. The van der Waals surface area contributed by atoms with Gasteiger partial charge in [-0.1, -0.05) is 31.2 Å². The van der Waals surface area contributed by atoms with Crippen molar-refractivity contribution >= 4 is 21.6 Å². The predicted molar refractivity (Wildman–Crippen MR) is 122 cm³/mol. The molecule has 0 fully saturated rings. The maximum atomic E-state index is 12.9. The molecule has 0 saturated heterocycles. The molecule has 1 N–H and O–H groups in total. The molecule has 7 heteroatoms. The van der Waals surface area contributed by atoms with Crippen LogP contribution in [0.3, 0.4) is 0 Å². The van der Waals surface area contributed by atoms with Crippen LogP contribution < -0.4 is 14.4 Å². The minimum atomic E-state index is -3.63. The van der Waals surface area contributed by atoms with Crippen LogP contribution in [0.2, 0.25) is 0 Å². The molecule has 2 rings (SSSR count). The van der Waals surface area contributed by atoms with Crippen LogP contribution in [0.5, 0.6) is 5.75 Å². The molecule has 0 aromatic heterocycles. The first kappa shape index (κ1) is 23.7. The van der Waals surface area contributed by atoms with Crippen LogP contribution in [0, 0.1) is 13.8 Å². The largest absolute Gasteiger partial charge is 0.497 e. The molecular formula is C23H32N2O4S. The molecule has 0 aliphatic carbocycles. The highest BCUT2D eigenvalue weighted by atomic mass is 32.2. The van der Waals surface area contributed by atoms with E-state index in [4.69, 9.17) is 4.74 Å². The van der Waals surface area contributed by atoms with Crippen molar-refractivity contribution in [1.82, 2.24) is 5.32 Å². The van der Waals surface area contributed by atoms with Crippen LogP contribution >= 0.6 is 0 Å². The van der Waals surface area contributed by atoms with E-state index < -0.39 is 16.1 Å². The third-order valence-corrected chi connectivity index (χ3v) is 6.20. The summed E-state index contributed by atoms with van der Waals surface area (Å²) >= 11 is 0. The molecule has 0 aliphatic rings. The number of carbonyl (C=O) groups is 1. The van der Waals surface area contributed by atoms with Crippen LogP contribution in [-0.2, 0) is 21.2 Å². The van der Waals surface area contributed by atoms with Gasteiger partial charge in [0.2, 0.25) is 15.9 Å². The van der Waals surface area contributed by atoms with Gasteiger partial charge in [-0.3, -0.25) is 9.10 Å². The Bertz CT molecular complexity index is 956. The average molecular weight is 433 g/mol. The van der Waals surface area contributed by atoms with E-state index in [1.165, 1.54) is 4.31 Å². The van der Waals surface area contributed by atoms with E-state index >= 15 is 0 Å². The summed E-state index contributed by atoms with van der Waals surface area (Å²) < 4.78 is 31.6. The number of sulfonamides is 1. The summed E-state index contributed by atoms with van der Waals surface area (Å²) in [5, 5.41) is 2.91. The second-order valence-electron chi connectivity index (χ2n) is 7.52. The number of rotatable bonds is 10. The maximum absolute atomic E-state index is 12.9. The van der Waals surface area contributed by atoms with E-state index in [2.05, 4.69) is 5.32 Å². The first-order valence-electron chi connectivity index (χ1n) is 10.1. The number of aryl methyl sites for hydroxylation is 3. The van der Waals surface area contributed by atoms with E-state index in [1.807, 2.05) is 63.2 Å². The lowest BCUT2D eigenvalue weighted by molar-refractivity contribution is -0.122. The first-order valence-corrected chi connectivity index (χ1v) is 12.0. The van der Waals surface area contributed by atoms with Crippen molar-refractivity contribution < 1.29 is 17.9 Å². The van der Waals surface area contributed by atoms with Gasteiger partial charge in [0.05, 0.1) is 19.1 Å². The fourth-order valence-corrected chi connectivity index (χ4v) is 4.67. The van der Waals surface area contributed by atoms with Gasteiger partial charge in [-0.25, -0.2) is 8.42 Å². The molecule has 0 heterocycles. The van der Waals surface area contributed by atoms with Gasteiger partial charge < -0.3 is 10.1 Å². The molecule has 164 valence electrons. The smallest absolute Gasteiger partial charge is 0.243 e. The number of benzene rings is 2. The monoisotopic (exact) mass is 432 g/mol. The Hall–Kier alpha value is -2.54. The molecule has 30 heavy (non-hydrogen) atoms. The quantitative estimate of drug-likeness (QED) is 0.582. The standard InChI is InChI=1S/C23H32N2O4S/c1-6-21(25(30(5,27)28)22-16-17(2)9-10-18(22)3)23(26)24-15-7-8-19-11-13-20(29-4)14-12-19/h9-14,16,21H,6-8,15H2,1-5H3,(H,24,26). The molecule has 2 aromatic carbocycles. The molecule has 0 radical (unpaired) electrons. The highest BCUT2D eigenvalue weighted by Gasteiger charge is 2.32. The Balaban J connectivity index is 2.07. The number of nitrogens with one attached hydrogen (secondary N) is 1. The van der Waals surface area contributed by atoms with Crippen LogP contribution in [0.1, 0.15) is 36.5 Å². The van der Waals surface area contributed by atoms with Crippen LogP contribution in [0.15, 0.2) is 42.5 Å². The lowest BCUT2D eigenvalue weighted by atomic mass is 10.1. The molecule has 0 aliphatic heterocycles. The van der Waals surface area contributed by atoms with E-state index in [9.17, 15) is 13.2 Å². The number of hydrogen-bond donors (Lipinski definition) is 1. The zero-order valence-electron chi connectivity index (χ0n) is 18.4. The summed E-state index contributed by atoms with van der Waals surface area (Å²) in [7, 11) is -2.00. The summed E-state index contributed by atoms with van der Waals surface area (Å²) in [5.74, 6) is 0.531. The highest BCUT2D eigenvalue weighted by molar-refractivity contribution is 7.92. The summed E-state index contributed by atoms with van der Waals surface area (Å²) in [4.78, 5) is 12.9. The van der Waals surface area contributed by atoms with Gasteiger partial charge in [-0.05, 0) is 68.0 Å². The maximum Gasteiger partial charge on any atom is 0.243 e. The minimum Gasteiger partial charge on any atom is -0.497 e. The van der Waals surface area contributed by atoms with Gasteiger partial charge in [0.15, 0.2) is 0 Å². The second kappa shape index (κ2) is 10.5. The number of ether oxygens (including phenoxy) is 1. The lowest BCUT2D eigenvalue weighted by Crippen LogP contribution is -2.49. The zero-order chi connectivity index (χ0) is 22.3. The fraction of sp³-hybridized carbons (Fsp3) is 0.435. The molecular weight excluding hydrogens is 400 g/mol. The van der Waals surface area contributed by atoms with E-state index in [1.54, 1.807) is 7.11 Å². The van der Waals surface area contributed by atoms with Crippen molar-refractivity contribution in [3.05, 3.63) is 59.2 Å². The molecule has 0 spiro atoms. The molecule has 0 saturated carbocycles. The van der Waals surface area contributed by atoms with Gasteiger partial charge in [0.1, 0.15) is 11.8 Å². The topological polar surface area (TPSA) is 75.7 Å². The number of nitrogens with zero attached hydrogens (tertiary/aromatic N) is 1. The summed E-state index contributed by atoms with van der Waals surface area (Å²) in [6.45, 7) is 6.06.